The Bertz CT molecular complexity index is 302. The monoisotopic (exact) mass is 244 g/mol. The largest absolute Gasteiger partial charge is 0.481 e. The fourth-order valence-electron chi connectivity index (χ4n) is 1.27. The van der Waals surface area contributed by atoms with Gasteiger partial charge in [0, 0.05) is 18.9 Å². The lowest BCUT2D eigenvalue weighted by atomic mass is 10.0. The van der Waals surface area contributed by atoms with E-state index in [1.54, 1.807) is 13.8 Å². The molecule has 98 valence electrons. The van der Waals surface area contributed by atoms with Crippen molar-refractivity contribution in [3.63, 3.8) is 0 Å². The second-order valence-corrected chi connectivity index (χ2v) is 4.36. The lowest BCUT2D eigenvalue weighted by molar-refractivity contribution is -0.143. The number of Topliss-reactive ketones (excluding diaryl/α,β-unsaturated/α-hetero) is 1. The number of rotatable bonds is 7. The third-order valence-corrected chi connectivity index (χ3v) is 2.40. The Kier molecular flexibility index (Phi) is 6.42. The lowest BCUT2D eigenvalue weighted by Gasteiger charge is -2.18. The van der Waals surface area contributed by atoms with Gasteiger partial charge in [-0.2, -0.15) is 0 Å². The first-order valence-electron chi connectivity index (χ1n) is 5.55. The summed E-state index contributed by atoms with van der Waals surface area (Å²) in [5, 5.41) is 11.1. The molecule has 0 heterocycles. The van der Waals surface area contributed by atoms with E-state index in [0.717, 1.165) is 0 Å². The van der Waals surface area contributed by atoms with Crippen LogP contribution in [-0.4, -0.2) is 35.4 Å². The van der Waals surface area contributed by atoms with E-state index < -0.39 is 23.8 Å². The van der Waals surface area contributed by atoms with Crippen LogP contribution in [0.3, 0.4) is 0 Å². The summed E-state index contributed by atoms with van der Waals surface area (Å²) in [7, 11) is 0. The minimum absolute atomic E-state index is 0.0181. The average molecular weight is 244 g/mol. The summed E-state index contributed by atoms with van der Waals surface area (Å²) in [6, 6.07) is -0.733. The van der Waals surface area contributed by atoms with Gasteiger partial charge in [0.1, 0.15) is 0 Å². The molecule has 0 aliphatic carbocycles. The molecule has 0 fully saturated rings. The van der Waals surface area contributed by atoms with Gasteiger partial charge < -0.3 is 16.2 Å². The van der Waals surface area contributed by atoms with E-state index in [1.807, 2.05) is 0 Å². The van der Waals surface area contributed by atoms with Crippen LogP contribution in [0, 0.1) is 11.8 Å². The van der Waals surface area contributed by atoms with E-state index >= 15 is 0 Å². The fourth-order valence-corrected chi connectivity index (χ4v) is 1.27. The first-order valence-corrected chi connectivity index (χ1v) is 5.55. The quantitative estimate of drug-likeness (QED) is 0.573. The number of carbonyl (C=O) groups excluding carboxylic acids is 2. The van der Waals surface area contributed by atoms with Crippen LogP contribution in [0.4, 0.5) is 0 Å². The van der Waals surface area contributed by atoms with Crippen LogP contribution in [0.1, 0.15) is 27.2 Å². The van der Waals surface area contributed by atoms with Crippen molar-refractivity contribution in [2.24, 2.45) is 17.6 Å². The molecule has 4 N–H and O–H groups in total. The number of carboxylic acids is 1. The molecule has 0 spiro atoms. The molecule has 2 atom stereocenters. The molecular formula is C11H20N2O4. The van der Waals surface area contributed by atoms with Crippen molar-refractivity contribution in [2.75, 3.05) is 6.54 Å². The number of hydrogen-bond donors (Lipinski definition) is 3. The number of carboxylic acid groups (broad SMARTS) is 1. The van der Waals surface area contributed by atoms with Gasteiger partial charge in [-0.3, -0.25) is 14.4 Å². The smallest absolute Gasteiger partial charge is 0.306 e. The molecule has 0 radical (unpaired) electrons. The minimum atomic E-state index is -1.04. The fraction of sp³-hybridized carbons (Fsp3) is 0.727. The van der Waals surface area contributed by atoms with E-state index in [2.05, 4.69) is 5.32 Å². The van der Waals surface area contributed by atoms with Crippen molar-refractivity contribution in [2.45, 2.75) is 33.2 Å². The molecule has 1 unspecified atom stereocenters. The highest BCUT2D eigenvalue weighted by atomic mass is 16.4. The zero-order valence-electron chi connectivity index (χ0n) is 10.4. The SMILES string of the molecule is CC(C)C(=O)[C@@H](CN)NC(=O)CC(C)C(=O)O. The van der Waals surface area contributed by atoms with Gasteiger partial charge >= 0.3 is 5.97 Å². The van der Waals surface area contributed by atoms with Gasteiger partial charge in [0.25, 0.3) is 0 Å². The third kappa shape index (κ3) is 5.44. The number of ketones is 1. The number of aliphatic carboxylic acids is 1. The van der Waals surface area contributed by atoms with Crippen molar-refractivity contribution in [1.82, 2.24) is 5.32 Å². The molecule has 0 aromatic carbocycles. The van der Waals surface area contributed by atoms with Gasteiger partial charge in [-0.05, 0) is 0 Å². The molecule has 0 aromatic heterocycles. The van der Waals surface area contributed by atoms with Gasteiger partial charge in [0.15, 0.2) is 5.78 Å². The molecule has 6 heteroatoms. The summed E-state index contributed by atoms with van der Waals surface area (Å²) >= 11 is 0. The molecule has 1 amide bonds. The van der Waals surface area contributed by atoms with E-state index in [4.69, 9.17) is 10.8 Å². The predicted molar refractivity (Wildman–Crippen MR) is 62.2 cm³/mol. The van der Waals surface area contributed by atoms with Crippen LogP contribution in [-0.2, 0) is 14.4 Å². The Morgan fingerprint density at radius 1 is 1.24 bits per heavy atom. The molecule has 0 aromatic rings. The molecule has 6 nitrogen and oxygen atoms in total. The topological polar surface area (TPSA) is 109 Å². The van der Waals surface area contributed by atoms with E-state index in [1.165, 1.54) is 6.92 Å². The van der Waals surface area contributed by atoms with Crippen LogP contribution < -0.4 is 11.1 Å². The maximum Gasteiger partial charge on any atom is 0.306 e. The van der Waals surface area contributed by atoms with Crippen LogP contribution >= 0.6 is 0 Å². The van der Waals surface area contributed by atoms with Gasteiger partial charge in [0.05, 0.1) is 12.0 Å². The van der Waals surface area contributed by atoms with Crippen LogP contribution in [0.5, 0.6) is 0 Å². The van der Waals surface area contributed by atoms with Crippen LogP contribution in [0.25, 0.3) is 0 Å². The van der Waals surface area contributed by atoms with Gasteiger partial charge in [0.2, 0.25) is 5.91 Å². The summed E-state index contributed by atoms with van der Waals surface area (Å²) in [6.07, 6.45) is -0.156. The van der Waals surface area contributed by atoms with Gasteiger partial charge in [-0.15, -0.1) is 0 Å². The zero-order chi connectivity index (χ0) is 13.6. The highest BCUT2D eigenvalue weighted by Crippen LogP contribution is 2.03. The van der Waals surface area contributed by atoms with Gasteiger partial charge in [-0.25, -0.2) is 0 Å². The Morgan fingerprint density at radius 2 is 1.76 bits per heavy atom. The van der Waals surface area contributed by atoms with Crippen molar-refractivity contribution < 1.29 is 19.5 Å². The molecule has 0 aliphatic heterocycles. The zero-order valence-corrected chi connectivity index (χ0v) is 10.4. The van der Waals surface area contributed by atoms with E-state index in [-0.39, 0.29) is 24.7 Å². The molecule has 0 saturated heterocycles. The summed E-state index contributed by atoms with van der Waals surface area (Å²) in [6.45, 7) is 4.89. The summed E-state index contributed by atoms with van der Waals surface area (Å²) < 4.78 is 0. The molecule has 17 heavy (non-hydrogen) atoms. The highest BCUT2D eigenvalue weighted by molar-refractivity contribution is 5.91. The second kappa shape index (κ2) is 7.01. The molecule has 0 bridgehead atoms. The third-order valence-electron chi connectivity index (χ3n) is 2.40. The number of amides is 1. The molecular weight excluding hydrogens is 224 g/mol. The van der Waals surface area contributed by atoms with E-state index in [9.17, 15) is 14.4 Å². The Labute approximate surface area is 101 Å². The van der Waals surface area contributed by atoms with Crippen LogP contribution in [0.15, 0.2) is 0 Å². The Morgan fingerprint density at radius 3 is 2.12 bits per heavy atom. The Hall–Kier alpha value is -1.43. The summed E-state index contributed by atoms with van der Waals surface area (Å²) in [4.78, 5) is 33.7. The van der Waals surface area contributed by atoms with E-state index in [0.29, 0.717) is 0 Å². The standard InChI is InChI=1S/C11H20N2O4/c1-6(2)10(15)8(5-12)13-9(14)4-7(3)11(16)17/h6-8H,4-5,12H2,1-3H3,(H,13,14)(H,16,17)/t7?,8-/m1/s1. The first-order chi connectivity index (χ1) is 7.79. The first kappa shape index (κ1) is 15.6. The number of hydrogen-bond acceptors (Lipinski definition) is 4. The maximum absolute atomic E-state index is 11.6. The minimum Gasteiger partial charge on any atom is -0.481 e. The number of nitrogens with one attached hydrogen (secondary N) is 1. The summed E-state index contributed by atoms with van der Waals surface area (Å²) in [5.41, 5.74) is 5.40. The maximum atomic E-state index is 11.6. The summed E-state index contributed by atoms with van der Waals surface area (Å²) in [5.74, 6) is -2.66. The van der Waals surface area contributed by atoms with Gasteiger partial charge in [-0.1, -0.05) is 20.8 Å². The molecule has 0 rings (SSSR count). The van der Waals surface area contributed by atoms with Crippen molar-refractivity contribution >= 4 is 17.7 Å². The number of nitrogens with two attached hydrogens (primary N) is 1. The Balaban J connectivity index is 4.34. The van der Waals surface area contributed by atoms with Crippen molar-refractivity contribution in [3.8, 4) is 0 Å². The highest BCUT2D eigenvalue weighted by Gasteiger charge is 2.23. The normalized spacial score (nSPS) is 14.2. The molecule has 0 aliphatic rings. The van der Waals surface area contributed by atoms with Crippen molar-refractivity contribution in [3.05, 3.63) is 0 Å². The molecule has 0 saturated carbocycles. The predicted octanol–water partition coefficient (Wildman–Crippen LogP) is -0.234. The second-order valence-electron chi connectivity index (χ2n) is 4.36. The average Bonchev–Trinajstić information content (AvgIpc) is 2.24. The van der Waals surface area contributed by atoms with Crippen molar-refractivity contribution in [1.29, 1.82) is 0 Å². The lowest BCUT2D eigenvalue weighted by Crippen LogP contribution is -2.47. The number of carbonyl (C=O) groups is 3. The van der Waals surface area contributed by atoms with Crippen LogP contribution in [0.2, 0.25) is 0 Å².